The molecule has 8 nitrogen and oxygen atoms in total. The lowest BCUT2D eigenvalue weighted by Crippen LogP contribution is -2.12. The zero-order valence-corrected chi connectivity index (χ0v) is 16.6. The van der Waals surface area contributed by atoms with Crippen molar-refractivity contribution in [3.63, 3.8) is 0 Å². The van der Waals surface area contributed by atoms with Crippen LogP contribution < -0.4 is 11.1 Å². The molecule has 3 N–H and O–H groups in total. The molecule has 29 heavy (non-hydrogen) atoms. The second kappa shape index (κ2) is 7.38. The fourth-order valence-corrected chi connectivity index (χ4v) is 3.30. The lowest BCUT2D eigenvalue weighted by Gasteiger charge is -2.13. The smallest absolute Gasteiger partial charge is 0.248 e. The van der Waals surface area contributed by atoms with Gasteiger partial charge in [0, 0.05) is 36.4 Å². The first-order valence-electron chi connectivity index (χ1n) is 9.45. The van der Waals surface area contributed by atoms with E-state index in [0.29, 0.717) is 23.8 Å². The van der Waals surface area contributed by atoms with E-state index in [1.54, 1.807) is 18.3 Å². The standard InChI is InChI=1S/C21H23N7O/c1-13(2)17-11-25-21-20(24-10-15-5-4-6-16(9-15)19(22)29)26-18(12-28(17)21)27-8-7-23-14(27)3/h4-9,11-13H,10H2,1-3H3,(H2,22,29)(H,24,26). The monoisotopic (exact) mass is 389 g/mol. The number of amides is 1. The topological polar surface area (TPSA) is 103 Å². The van der Waals surface area contributed by atoms with Gasteiger partial charge >= 0.3 is 0 Å². The van der Waals surface area contributed by atoms with Gasteiger partial charge in [-0.25, -0.2) is 15.0 Å². The van der Waals surface area contributed by atoms with Crippen molar-refractivity contribution in [1.29, 1.82) is 0 Å². The van der Waals surface area contributed by atoms with Gasteiger partial charge in [0.25, 0.3) is 0 Å². The first-order chi connectivity index (χ1) is 13.9. The minimum absolute atomic E-state index is 0.309. The van der Waals surface area contributed by atoms with E-state index >= 15 is 0 Å². The summed E-state index contributed by atoms with van der Waals surface area (Å²) in [6.45, 7) is 6.69. The van der Waals surface area contributed by atoms with Gasteiger partial charge in [-0.2, -0.15) is 0 Å². The third-order valence-electron chi connectivity index (χ3n) is 4.84. The number of aromatic nitrogens is 5. The number of nitrogens with zero attached hydrogens (tertiary/aromatic N) is 5. The van der Waals surface area contributed by atoms with Gasteiger partial charge in [-0.1, -0.05) is 26.0 Å². The second-order valence-corrected chi connectivity index (χ2v) is 7.24. The van der Waals surface area contributed by atoms with E-state index in [1.165, 1.54) is 0 Å². The largest absolute Gasteiger partial charge is 0.366 e. The van der Waals surface area contributed by atoms with Crippen LogP contribution in [0.5, 0.6) is 0 Å². The van der Waals surface area contributed by atoms with Crippen LogP contribution in [0, 0.1) is 6.92 Å². The minimum Gasteiger partial charge on any atom is -0.366 e. The van der Waals surface area contributed by atoms with Gasteiger partial charge in [0.05, 0.1) is 6.20 Å². The highest BCUT2D eigenvalue weighted by atomic mass is 16.1. The van der Waals surface area contributed by atoms with Crippen LogP contribution in [-0.4, -0.2) is 29.8 Å². The molecule has 0 radical (unpaired) electrons. The van der Waals surface area contributed by atoms with E-state index in [1.807, 2.05) is 42.2 Å². The van der Waals surface area contributed by atoms with Crippen molar-refractivity contribution < 1.29 is 4.79 Å². The van der Waals surface area contributed by atoms with Crippen molar-refractivity contribution in [1.82, 2.24) is 23.9 Å². The molecule has 1 amide bonds. The van der Waals surface area contributed by atoms with Gasteiger partial charge in [-0.05, 0) is 30.5 Å². The number of fused-ring (bicyclic) bond motifs is 1. The first-order valence-corrected chi connectivity index (χ1v) is 9.45. The number of benzene rings is 1. The number of imidazole rings is 2. The molecule has 3 aromatic heterocycles. The van der Waals surface area contributed by atoms with E-state index in [2.05, 4.69) is 33.5 Å². The first kappa shape index (κ1) is 18.7. The number of hydrogen-bond acceptors (Lipinski definition) is 5. The quantitative estimate of drug-likeness (QED) is 0.527. The number of carbonyl (C=O) groups is 1. The summed E-state index contributed by atoms with van der Waals surface area (Å²) in [5, 5.41) is 3.36. The third-order valence-corrected chi connectivity index (χ3v) is 4.84. The minimum atomic E-state index is -0.445. The van der Waals surface area contributed by atoms with Crippen LogP contribution in [-0.2, 0) is 6.54 Å². The van der Waals surface area contributed by atoms with Gasteiger partial charge in [-0.3, -0.25) is 13.8 Å². The molecule has 0 fully saturated rings. The fraction of sp³-hybridized carbons (Fsp3) is 0.238. The van der Waals surface area contributed by atoms with Crippen LogP contribution in [0.2, 0.25) is 0 Å². The Morgan fingerprint density at radius 2 is 2.10 bits per heavy atom. The van der Waals surface area contributed by atoms with Crippen molar-refractivity contribution in [2.24, 2.45) is 5.73 Å². The highest BCUT2D eigenvalue weighted by molar-refractivity contribution is 5.92. The molecule has 3 heterocycles. The van der Waals surface area contributed by atoms with E-state index in [0.717, 1.165) is 28.5 Å². The Hall–Kier alpha value is -3.68. The van der Waals surface area contributed by atoms with E-state index in [4.69, 9.17) is 10.7 Å². The third kappa shape index (κ3) is 3.56. The van der Waals surface area contributed by atoms with Crippen LogP contribution in [0.3, 0.4) is 0 Å². The van der Waals surface area contributed by atoms with Crippen molar-refractivity contribution in [3.05, 3.63) is 71.7 Å². The van der Waals surface area contributed by atoms with Crippen LogP contribution in [0.1, 0.15) is 47.2 Å². The average Bonchev–Trinajstić information content (AvgIpc) is 3.32. The van der Waals surface area contributed by atoms with Gasteiger partial charge < -0.3 is 11.1 Å². The van der Waals surface area contributed by atoms with Crippen LogP contribution >= 0.6 is 0 Å². The highest BCUT2D eigenvalue weighted by Gasteiger charge is 2.15. The molecule has 4 aromatic rings. The summed E-state index contributed by atoms with van der Waals surface area (Å²) in [6, 6.07) is 7.24. The summed E-state index contributed by atoms with van der Waals surface area (Å²) >= 11 is 0. The Morgan fingerprint density at radius 1 is 1.28 bits per heavy atom. The predicted octanol–water partition coefficient (Wildman–Crippen LogP) is 3.06. The van der Waals surface area contributed by atoms with Crippen molar-refractivity contribution >= 4 is 17.4 Å². The Bertz CT molecular complexity index is 1190. The van der Waals surface area contributed by atoms with Gasteiger partial charge in [0.1, 0.15) is 5.82 Å². The molecule has 0 saturated heterocycles. The summed E-state index contributed by atoms with van der Waals surface area (Å²) in [4.78, 5) is 25.1. The highest BCUT2D eigenvalue weighted by Crippen LogP contribution is 2.23. The molecule has 4 rings (SSSR count). The lowest BCUT2D eigenvalue weighted by atomic mass is 10.1. The Kier molecular flexibility index (Phi) is 4.75. The summed E-state index contributed by atoms with van der Waals surface area (Å²) in [5.74, 6) is 2.12. The number of primary amides is 1. The molecular formula is C21H23N7O. The normalized spacial score (nSPS) is 11.3. The molecule has 1 aromatic carbocycles. The zero-order valence-electron chi connectivity index (χ0n) is 16.6. The second-order valence-electron chi connectivity index (χ2n) is 7.24. The van der Waals surface area contributed by atoms with Crippen LogP contribution in [0.4, 0.5) is 5.82 Å². The number of nitrogens with one attached hydrogen (secondary N) is 1. The summed E-state index contributed by atoms with van der Waals surface area (Å²) < 4.78 is 4.00. The van der Waals surface area contributed by atoms with Crippen LogP contribution in [0.25, 0.3) is 11.5 Å². The SMILES string of the molecule is Cc1nccn1-c1cn2c(C(C)C)cnc2c(NCc2cccc(C(N)=O)c2)n1. The molecule has 0 atom stereocenters. The van der Waals surface area contributed by atoms with Gasteiger partial charge in [0.2, 0.25) is 5.91 Å². The zero-order chi connectivity index (χ0) is 20.5. The molecule has 0 unspecified atom stereocenters. The number of aryl methyl sites for hydroxylation is 1. The summed E-state index contributed by atoms with van der Waals surface area (Å²) in [7, 11) is 0. The molecule has 0 saturated carbocycles. The number of nitrogens with two attached hydrogens (primary N) is 1. The average molecular weight is 389 g/mol. The maximum Gasteiger partial charge on any atom is 0.248 e. The van der Waals surface area contributed by atoms with Crippen molar-refractivity contribution in [3.8, 4) is 5.82 Å². The summed E-state index contributed by atoms with van der Waals surface area (Å²) in [6.07, 6.45) is 7.49. The predicted molar refractivity (Wildman–Crippen MR) is 111 cm³/mol. The Morgan fingerprint density at radius 3 is 2.79 bits per heavy atom. The molecular weight excluding hydrogens is 366 g/mol. The van der Waals surface area contributed by atoms with E-state index in [9.17, 15) is 4.79 Å². The molecule has 0 aliphatic heterocycles. The maximum absolute atomic E-state index is 11.4. The van der Waals surface area contributed by atoms with Crippen molar-refractivity contribution in [2.45, 2.75) is 33.2 Å². The van der Waals surface area contributed by atoms with E-state index in [-0.39, 0.29) is 0 Å². The number of anilines is 1. The summed E-state index contributed by atoms with van der Waals surface area (Å²) in [5.41, 5.74) is 8.65. The Balaban J connectivity index is 1.75. The number of carbonyl (C=O) groups excluding carboxylic acids is 1. The molecule has 0 aliphatic rings. The fourth-order valence-electron chi connectivity index (χ4n) is 3.30. The lowest BCUT2D eigenvalue weighted by molar-refractivity contribution is 0.1000. The van der Waals surface area contributed by atoms with E-state index < -0.39 is 5.91 Å². The molecule has 0 aliphatic carbocycles. The maximum atomic E-state index is 11.4. The number of rotatable bonds is 6. The molecule has 148 valence electrons. The van der Waals surface area contributed by atoms with Gasteiger partial charge in [-0.15, -0.1) is 0 Å². The van der Waals surface area contributed by atoms with Crippen LogP contribution in [0.15, 0.2) is 49.1 Å². The molecule has 0 bridgehead atoms. The molecule has 8 heteroatoms. The Labute approximate surface area is 168 Å². The number of hydrogen-bond donors (Lipinski definition) is 2. The van der Waals surface area contributed by atoms with Gasteiger partial charge in [0.15, 0.2) is 17.3 Å². The van der Waals surface area contributed by atoms with Crippen molar-refractivity contribution in [2.75, 3.05) is 5.32 Å². The molecule has 0 spiro atoms.